The molecule has 0 spiro atoms. The van der Waals surface area contributed by atoms with E-state index >= 15 is 0 Å². The number of hydrogen-bond acceptors (Lipinski definition) is 5. The number of aromatic nitrogens is 2. The van der Waals surface area contributed by atoms with Gasteiger partial charge in [-0.1, -0.05) is 0 Å². The van der Waals surface area contributed by atoms with Crippen LogP contribution in [0.2, 0.25) is 0 Å². The third-order valence-electron chi connectivity index (χ3n) is 2.91. The van der Waals surface area contributed by atoms with Crippen LogP contribution in [0.4, 0.5) is 0 Å². The summed E-state index contributed by atoms with van der Waals surface area (Å²) in [4.78, 5) is 23.8. The number of aliphatic carboxylic acids is 1. The molecular weight excluding hydrogens is 282 g/mol. The maximum Gasteiger partial charge on any atom is 0.332 e. The third-order valence-corrected chi connectivity index (χ3v) is 4.11. The molecule has 7 nitrogen and oxygen atoms in total. The molecule has 0 aliphatic carbocycles. The van der Waals surface area contributed by atoms with Gasteiger partial charge in [0.05, 0.1) is 10.6 Å². The van der Waals surface area contributed by atoms with Gasteiger partial charge >= 0.3 is 5.97 Å². The van der Waals surface area contributed by atoms with Crippen LogP contribution >= 0.6 is 11.3 Å². The van der Waals surface area contributed by atoms with E-state index in [9.17, 15) is 9.59 Å². The van der Waals surface area contributed by atoms with Crippen molar-refractivity contribution in [1.82, 2.24) is 15.1 Å². The normalized spacial score (nSPS) is 12.6. The van der Waals surface area contributed by atoms with E-state index in [0.717, 1.165) is 15.9 Å². The summed E-state index contributed by atoms with van der Waals surface area (Å²) in [5.41, 5.74) is 0.860. The van der Waals surface area contributed by atoms with E-state index < -0.39 is 12.1 Å². The highest BCUT2D eigenvalue weighted by Gasteiger charge is 2.16. The Morgan fingerprint density at radius 3 is 2.85 bits per heavy atom. The Labute approximate surface area is 118 Å². The van der Waals surface area contributed by atoms with Crippen LogP contribution in [0.25, 0.3) is 10.2 Å². The van der Waals surface area contributed by atoms with Crippen LogP contribution in [0.5, 0.6) is 0 Å². The van der Waals surface area contributed by atoms with Crippen LogP contribution in [0.15, 0.2) is 6.07 Å². The van der Waals surface area contributed by atoms with Gasteiger partial charge in [-0.3, -0.25) is 9.48 Å². The average Bonchev–Trinajstić information content (AvgIpc) is 2.92. The maximum atomic E-state index is 11.9. The van der Waals surface area contributed by atoms with Gasteiger partial charge < -0.3 is 15.5 Å². The summed E-state index contributed by atoms with van der Waals surface area (Å²) >= 11 is 1.33. The predicted molar refractivity (Wildman–Crippen MR) is 73.9 cm³/mol. The van der Waals surface area contributed by atoms with Crippen LogP contribution in [0.3, 0.4) is 0 Å². The van der Waals surface area contributed by atoms with Crippen molar-refractivity contribution in [3.05, 3.63) is 16.6 Å². The van der Waals surface area contributed by atoms with Crippen molar-refractivity contribution in [3.8, 4) is 0 Å². The lowest BCUT2D eigenvalue weighted by Gasteiger charge is -2.06. The second-order valence-corrected chi connectivity index (χ2v) is 5.47. The van der Waals surface area contributed by atoms with Crippen LogP contribution in [0.1, 0.15) is 21.8 Å². The highest BCUT2D eigenvalue weighted by Crippen LogP contribution is 2.27. The molecule has 0 aliphatic heterocycles. The van der Waals surface area contributed by atoms with Gasteiger partial charge in [-0.25, -0.2) is 4.79 Å². The van der Waals surface area contributed by atoms with Crippen molar-refractivity contribution >= 4 is 33.4 Å². The van der Waals surface area contributed by atoms with Crippen molar-refractivity contribution in [2.75, 3.05) is 6.54 Å². The van der Waals surface area contributed by atoms with Gasteiger partial charge in [0, 0.05) is 25.4 Å². The summed E-state index contributed by atoms with van der Waals surface area (Å²) in [6.45, 7) is 1.98. The SMILES string of the molecule is Cc1nn(C)c2sc(C(=O)NCC[C@H](O)C(=O)O)cc12. The van der Waals surface area contributed by atoms with Gasteiger partial charge in [-0.05, 0) is 13.0 Å². The molecule has 0 aliphatic rings. The van der Waals surface area contributed by atoms with Crippen molar-refractivity contribution in [1.29, 1.82) is 0 Å². The highest BCUT2D eigenvalue weighted by molar-refractivity contribution is 7.20. The molecule has 0 saturated carbocycles. The standard InChI is InChI=1S/C12H15N3O4S/c1-6-7-5-9(20-11(7)15(2)14-6)10(17)13-4-3-8(16)12(18)19/h5,8,16H,3-4H2,1-2H3,(H,13,17)(H,18,19)/t8-/m0/s1. The number of aliphatic hydroxyl groups excluding tert-OH is 1. The number of amides is 1. The quantitative estimate of drug-likeness (QED) is 0.746. The van der Waals surface area contributed by atoms with Crippen LogP contribution < -0.4 is 5.32 Å². The molecule has 20 heavy (non-hydrogen) atoms. The molecule has 0 fully saturated rings. The van der Waals surface area contributed by atoms with E-state index in [1.54, 1.807) is 10.7 Å². The topological polar surface area (TPSA) is 104 Å². The van der Waals surface area contributed by atoms with Crippen molar-refractivity contribution in [3.63, 3.8) is 0 Å². The van der Waals surface area contributed by atoms with Gasteiger partial charge in [0.1, 0.15) is 4.83 Å². The number of rotatable bonds is 5. The molecule has 0 unspecified atom stereocenters. The summed E-state index contributed by atoms with van der Waals surface area (Å²) in [6, 6.07) is 1.77. The van der Waals surface area contributed by atoms with Crippen LogP contribution in [-0.2, 0) is 11.8 Å². The Bertz CT molecular complexity index is 626. The first-order chi connectivity index (χ1) is 9.40. The maximum absolute atomic E-state index is 11.9. The molecule has 0 saturated heterocycles. The predicted octanol–water partition coefficient (Wildman–Crippen LogP) is 0.509. The molecule has 2 heterocycles. The van der Waals surface area contributed by atoms with E-state index in [2.05, 4.69) is 10.4 Å². The lowest BCUT2D eigenvalue weighted by atomic mass is 10.2. The largest absolute Gasteiger partial charge is 0.479 e. The number of hydrogen-bond donors (Lipinski definition) is 3. The number of fused-ring (bicyclic) bond motifs is 1. The molecule has 2 aromatic rings. The zero-order valence-corrected chi connectivity index (χ0v) is 11.9. The van der Waals surface area contributed by atoms with Gasteiger partial charge in [0.25, 0.3) is 5.91 Å². The monoisotopic (exact) mass is 297 g/mol. The lowest BCUT2D eigenvalue weighted by Crippen LogP contribution is -2.29. The Kier molecular flexibility index (Phi) is 4.05. The first-order valence-electron chi connectivity index (χ1n) is 6.02. The molecule has 1 amide bonds. The highest BCUT2D eigenvalue weighted by atomic mass is 32.1. The molecular formula is C12H15N3O4S. The Morgan fingerprint density at radius 2 is 2.25 bits per heavy atom. The number of carboxylic acids is 1. The van der Waals surface area contributed by atoms with Crippen molar-refractivity contribution in [2.24, 2.45) is 7.05 Å². The minimum absolute atomic E-state index is 0.0213. The second kappa shape index (κ2) is 5.59. The Balaban J connectivity index is 2.01. The first-order valence-corrected chi connectivity index (χ1v) is 6.84. The summed E-state index contributed by atoms with van der Waals surface area (Å²) in [5.74, 6) is -1.56. The number of thiophene rings is 1. The summed E-state index contributed by atoms with van der Waals surface area (Å²) in [5, 5.41) is 25.4. The minimum atomic E-state index is -1.45. The number of carbonyl (C=O) groups excluding carboxylic acids is 1. The molecule has 0 aromatic carbocycles. The summed E-state index contributed by atoms with van der Waals surface area (Å²) in [6.07, 6.45) is -1.48. The van der Waals surface area contributed by atoms with E-state index in [1.807, 2.05) is 14.0 Å². The van der Waals surface area contributed by atoms with E-state index in [1.165, 1.54) is 11.3 Å². The summed E-state index contributed by atoms with van der Waals surface area (Å²) in [7, 11) is 1.82. The molecule has 0 radical (unpaired) electrons. The molecule has 2 aromatic heterocycles. The van der Waals surface area contributed by atoms with E-state index in [4.69, 9.17) is 10.2 Å². The second-order valence-electron chi connectivity index (χ2n) is 4.44. The number of nitrogens with one attached hydrogen (secondary N) is 1. The fourth-order valence-corrected chi connectivity index (χ4v) is 2.89. The number of aliphatic hydroxyl groups is 1. The molecule has 108 valence electrons. The van der Waals surface area contributed by atoms with Crippen molar-refractivity contribution < 1.29 is 19.8 Å². The van der Waals surface area contributed by atoms with Crippen LogP contribution in [-0.4, -0.2) is 44.5 Å². The van der Waals surface area contributed by atoms with Gasteiger partial charge in [0.2, 0.25) is 0 Å². The smallest absolute Gasteiger partial charge is 0.332 e. The van der Waals surface area contributed by atoms with Gasteiger partial charge in [-0.15, -0.1) is 11.3 Å². The van der Waals surface area contributed by atoms with Gasteiger partial charge in [0.15, 0.2) is 6.10 Å². The fraction of sp³-hybridized carbons (Fsp3) is 0.417. The average molecular weight is 297 g/mol. The fourth-order valence-electron chi connectivity index (χ4n) is 1.85. The molecule has 1 atom stereocenters. The van der Waals surface area contributed by atoms with Crippen molar-refractivity contribution in [2.45, 2.75) is 19.4 Å². The van der Waals surface area contributed by atoms with Crippen LogP contribution in [0, 0.1) is 6.92 Å². The molecule has 8 heteroatoms. The molecule has 0 bridgehead atoms. The lowest BCUT2D eigenvalue weighted by molar-refractivity contribution is -0.146. The summed E-state index contributed by atoms with van der Waals surface area (Å²) < 4.78 is 1.72. The van der Waals surface area contributed by atoms with Gasteiger partial charge in [-0.2, -0.15) is 5.10 Å². The number of carbonyl (C=O) groups is 2. The minimum Gasteiger partial charge on any atom is -0.479 e. The number of aryl methyl sites for hydroxylation is 2. The first kappa shape index (κ1) is 14.5. The molecule has 3 N–H and O–H groups in total. The number of nitrogens with zero attached hydrogens (tertiary/aromatic N) is 2. The molecule has 2 rings (SSSR count). The Morgan fingerprint density at radius 1 is 1.55 bits per heavy atom. The van der Waals surface area contributed by atoms with E-state index in [-0.39, 0.29) is 18.9 Å². The zero-order valence-electron chi connectivity index (χ0n) is 11.1. The third kappa shape index (κ3) is 2.81. The van der Waals surface area contributed by atoms with E-state index in [0.29, 0.717) is 4.88 Å². The number of carboxylic acid groups (broad SMARTS) is 1. The zero-order chi connectivity index (χ0) is 14.9. The Hall–Kier alpha value is -1.93.